The van der Waals surface area contributed by atoms with E-state index < -0.39 is 23.5 Å². The van der Waals surface area contributed by atoms with E-state index in [0.717, 1.165) is 18.7 Å². The first-order chi connectivity index (χ1) is 15.9. The second-order valence-corrected chi connectivity index (χ2v) is 8.22. The zero-order valence-corrected chi connectivity index (χ0v) is 19.6. The average molecular weight is 449 g/mol. The Hall–Kier alpha value is -3.38. The lowest BCUT2D eigenvalue weighted by atomic mass is 9.95. The molecule has 0 saturated carbocycles. The fourth-order valence-corrected chi connectivity index (χ4v) is 4.12. The SMILES string of the molecule is C=CCOc1cccc(C2/C(=C(\[O-])c3ccc(C)cc3)C(=O)C(=O)N2CC[NH+](CC)CC)c1. The number of hydrogen-bond donors (Lipinski definition) is 1. The summed E-state index contributed by atoms with van der Waals surface area (Å²) in [6, 6.07) is 13.5. The molecule has 1 amide bonds. The van der Waals surface area contributed by atoms with Crippen LogP contribution in [0.4, 0.5) is 0 Å². The summed E-state index contributed by atoms with van der Waals surface area (Å²) in [4.78, 5) is 29.1. The molecule has 0 radical (unpaired) electrons. The molecule has 1 N–H and O–H groups in total. The van der Waals surface area contributed by atoms with Crippen LogP contribution < -0.4 is 14.7 Å². The van der Waals surface area contributed by atoms with Crippen molar-refractivity contribution in [1.29, 1.82) is 0 Å². The van der Waals surface area contributed by atoms with Crippen molar-refractivity contribution >= 4 is 17.4 Å². The number of likely N-dealkylation sites (N-methyl/N-ethyl adjacent to an activating group) is 1. The van der Waals surface area contributed by atoms with Crippen LogP contribution in [0.15, 0.2) is 66.8 Å². The van der Waals surface area contributed by atoms with E-state index in [1.54, 1.807) is 35.2 Å². The van der Waals surface area contributed by atoms with Crippen LogP contribution in [-0.4, -0.2) is 49.4 Å². The number of carbonyl (C=O) groups excluding carboxylic acids is 2. The lowest BCUT2D eigenvalue weighted by Gasteiger charge is -2.28. The van der Waals surface area contributed by atoms with Gasteiger partial charge in [0.25, 0.3) is 5.91 Å². The van der Waals surface area contributed by atoms with Gasteiger partial charge in [-0.3, -0.25) is 9.59 Å². The maximum atomic E-state index is 13.5. The Morgan fingerprint density at radius 1 is 1.15 bits per heavy atom. The molecule has 1 atom stereocenters. The lowest BCUT2D eigenvalue weighted by Crippen LogP contribution is -3.12. The van der Waals surface area contributed by atoms with Crippen LogP contribution in [0, 0.1) is 6.92 Å². The minimum absolute atomic E-state index is 0.000675. The van der Waals surface area contributed by atoms with E-state index in [2.05, 4.69) is 20.4 Å². The number of Topliss-reactive ketones (excluding diaryl/α,β-unsaturated/α-hetero) is 1. The number of amides is 1. The topological polar surface area (TPSA) is 74.1 Å². The molecule has 1 aliphatic rings. The maximum absolute atomic E-state index is 13.5. The molecule has 1 fully saturated rings. The monoisotopic (exact) mass is 448 g/mol. The highest BCUT2D eigenvalue weighted by Crippen LogP contribution is 2.39. The quantitative estimate of drug-likeness (QED) is 0.260. The fourth-order valence-electron chi connectivity index (χ4n) is 4.12. The molecule has 1 aliphatic heterocycles. The highest BCUT2D eigenvalue weighted by Gasteiger charge is 2.44. The zero-order chi connectivity index (χ0) is 24.0. The summed E-state index contributed by atoms with van der Waals surface area (Å²) >= 11 is 0. The maximum Gasteiger partial charge on any atom is 0.295 e. The largest absolute Gasteiger partial charge is 0.872 e. The number of nitrogens with zero attached hydrogens (tertiary/aromatic N) is 1. The van der Waals surface area contributed by atoms with E-state index in [1.165, 1.54) is 4.90 Å². The van der Waals surface area contributed by atoms with Crippen LogP contribution in [0.3, 0.4) is 0 Å². The van der Waals surface area contributed by atoms with Gasteiger partial charge < -0.3 is 19.6 Å². The third-order valence-corrected chi connectivity index (χ3v) is 6.09. The first-order valence-electron chi connectivity index (χ1n) is 11.4. The number of benzene rings is 2. The highest BCUT2D eigenvalue weighted by molar-refractivity contribution is 6.46. The summed E-state index contributed by atoms with van der Waals surface area (Å²) in [5.74, 6) is -1.17. The molecule has 6 nitrogen and oxygen atoms in total. The normalized spacial score (nSPS) is 17.6. The molecule has 2 aromatic rings. The summed E-state index contributed by atoms with van der Waals surface area (Å²) in [7, 11) is 0. The van der Waals surface area contributed by atoms with Crippen molar-refractivity contribution in [3.05, 3.63) is 83.4 Å². The zero-order valence-electron chi connectivity index (χ0n) is 19.6. The number of quaternary nitrogens is 1. The summed E-state index contributed by atoms with van der Waals surface area (Å²) in [5.41, 5.74) is 2.09. The number of nitrogens with one attached hydrogen (secondary N) is 1. The minimum Gasteiger partial charge on any atom is -0.872 e. The number of rotatable bonds is 10. The molecule has 2 aromatic carbocycles. The Morgan fingerprint density at radius 3 is 2.48 bits per heavy atom. The van der Waals surface area contributed by atoms with Crippen LogP contribution in [0.25, 0.3) is 5.76 Å². The van der Waals surface area contributed by atoms with Crippen LogP contribution in [-0.2, 0) is 9.59 Å². The van der Waals surface area contributed by atoms with Crippen molar-refractivity contribution in [2.24, 2.45) is 0 Å². The molecule has 0 aromatic heterocycles. The molecular formula is C27H32N2O4. The third kappa shape index (κ3) is 5.34. The van der Waals surface area contributed by atoms with Gasteiger partial charge in [0.05, 0.1) is 32.2 Å². The minimum atomic E-state index is -0.749. The fraction of sp³-hybridized carbons (Fsp3) is 0.333. The first kappa shape index (κ1) is 24.3. The molecule has 3 rings (SSSR count). The van der Waals surface area contributed by atoms with Crippen molar-refractivity contribution in [1.82, 2.24) is 4.90 Å². The molecule has 174 valence electrons. The average Bonchev–Trinajstić information content (AvgIpc) is 3.08. The van der Waals surface area contributed by atoms with Crippen LogP contribution in [0.2, 0.25) is 0 Å². The van der Waals surface area contributed by atoms with Crippen molar-refractivity contribution < 1.29 is 24.3 Å². The van der Waals surface area contributed by atoms with Gasteiger partial charge in [-0.2, -0.15) is 0 Å². The summed E-state index contributed by atoms with van der Waals surface area (Å²) in [5, 5.41) is 13.5. The molecular weight excluding hydrogens is 416 g/mol. The van der Waals surface area contributed by atoms with Crippen LogP contribution in [0.5, 0.6) is 5.75 Å². The summed E-state index contributed by atoms with van der Waals surface area (Å²) in [6.45, 7) is 13.0. The molecule has 1 heterocycles. The summed E-state index contributed by atoms with van der Waals surface area (Å²) < 4.78 is 5.67. The number of carbonyl (C=O) groups is 2. The Bertz CT molecular complexity index is 1040. The summed E-state index contributed by atoms with van der Waals surface area (Å²) in [6.07, 6.45) is 1.65. The second-order valence-electron chi connectivity index (χ2n) is 8.22. The van der Waals surface area contributed by atoms with Crippen LogP contribution in [0.1, 0.15) is 36.6 Å². The van der Waals surface area contributed by atoms with Crippen LogP contribution >= 0.6 is 0 Å². The number of aryl methyl sites for hydroxylation is 1. The smallest absolute Gasteiger partial charge is 0.295 e. The van der Waals surface area contributed by atoms with Crippen molar-refractivity contribution in [3.63, 3.8) is 0 Å². The molecule has 1 saturated heterocycles. The van der Waals surface area contributed by atoms with Gasteiger partial charge in [0.15, 0.2) is 0 Å². The Kier molecular flexibility index (Phi) is 8.06. The lowest BCUT2D eigenvalue weighted by molar-refractivity contribution is -0.895. The van der Waals surface area contributed by atoms with Crippen molar-refractivity contribution in [3.8, 4) is 5.75 Å². The van der Waals surface area contributed by atoms with E-state index in [4.69, 9.17) is 4.74 Å². The second kappa shape index (κ2) is 11.0. The highest BCUT2D eigenvalue weighted by atomic mass is 16.5. The van der Waals surface area contributed by atoms with Gasteiger partial charge in [0, 0.05) is 5.57 Å². The third-order valence-electron chi connectivity index (χ3n) is 6.09. The number of likely N-dealkylation sites (tertiary alicyclic amines) is 1. The van der Waals surface area contributed by atoms with E-state index >= 15 is 0 Å². The molecule has 0 bridgehead atoms. The molecule has 0 spiro atoms. The van der Waals surface area contributed by atoms with E-state index in [1.807, 2.05) is 31.2 Å². The van der Waals surface area contributed by atoms with Crippen molar-refractivity contribution in [2.75, 3.05) is 32.8 Å². The van der Waals surface area contributed by atoms with Gasteiger partial charge in [-0.05, 0) is 44.0 Å². The molecule has 0 aliphatic carbocycles. The molecule has 6 heteroatoms. The Balaban J connectivity index is 2.09. The van der Waals surface area contributed by atoms with Gasteiger partial charge >= 0.3 is 0 Å². The van der Waals surface area contributed by atoms with Gasteiger partial charge in [-0.15, -0.1) is 0 Å². The standard InChI is InChI=1S/C27H32N2O4/c1-5-17-33-22-10-8-9-21(18-22)24-23(25(30)20-13-11-19(4)12-14-20)26(31)27(32)29(24)16-15-28(6-2)7-3/h5,8-14,18,24,30H,1,6-7,15-17H2,2-4H3/b25-23+. The van der Waals surface area contributed by atoms with E-state index in [9.17, 15) is 14.7 Å². The number of ether oxygens (including phenoxy) is 1. The first-order valence-corrected chi connectivity index (χ1v) is 11.4. The predicted molar refractivity (Wildman–Crippen MR) is 127 cm³/mol. The molecule has 33 heavy (non-hydrogen) atoms. The van der Waals surface area contributed by atoms with Gasteiger partial charge in [-0.1, -0.05) is 60.4 Å². The van der Waals surface area contributed by atoms with Crippen molar-refractivity contribution in [2.45, 2.75) is 26.8 Å². The Morgan fingerprint density at radius 2 is 1.85 bits per heavy atom. The molecule has 1 unspecified atom stereocenters. The van der Waals surface area contributed by atoms with Gasteiger partial charge in [0.2, 0.25) is 5.78 Å². The van der Waals surface area contributed by atoms with Gasteiger partial charge in [0.1, 0.15) is 12.4 Å². The number of ketones is 1. The number of hydrogen-bond acceptors (Lipinski definition) is 4. The Labute approximate surface area is 195 Å². The predicted octanol–water partition coefficient (Wildman–Crippen LogP) is 1.71. The van der Waals surface area contributed by atoms with Gasteiger partial charge in [-0.25, -0.2) is 0 Å². The van der Waals surface area contributed by atoms with E-state index in [0.29, 0.717) is 36.6 Å². The van der Waals surface area contributed by atoms with E-state index in [-0.39, 0.29) is 5.57 Å².